The van der Waals surface area contributed by atoms with Gasteiger partial charge >= 0.3 is 5.97 Å². The monoisotopic (exact) mass is 369 g/mol. The van der Waals surface area contributed by atoms with E-state index in [0.717, 1.165) is 12.1 Å². The van der Waals surface area contributed by atoms with Crippen molar-refractivity contribution in [2.45, 2.75) is 13.0 Å². The zero-order chi connectivity index (χ0) is 18.6. The quantitative estimate of drug-likeness (QED) is 0.814. The lowest BCUT2D eigenvalue weighted by atomic mass is 10.2. The Bertz CT molecular complexity index is 813. The number of halogens is 3. The average molecular weight is 370 g/mol. The van der Waals surface area contributed by atoms with Gasteiger partial charge in [0.15, 0.2) is 6.10 Å². The predicted molar refractivity (Wildman–Crippen MR) is 87.9 cm³/mol. The van der Waals surface area contributed by atoms with Gasteiger partial charge in [-0.05, 0) is 37.3 Å². The maximum Gasteiger partial charge on any atom is 0.341 e. The highest BCUT2D eigenvalue weighted by molar-refractivity contribution is 6.31. The highest BCUT2D eigenvalue weighted by atomic mass is 35.5. The lowest BCUT2D eigenvalue weighted by Crippen LogP contribution is -2.30. The molecule has 0 aliphatic carbocycles. The molecule has 2 rings (SSSR count). The zero-order valence-corrected chi connectivity index (χ0v) is 14.1. The molecule has 1 amide bonds. The highest BCUT2D eigenvalue weighted by Crippen LogP contribution is 2.20. The molecule has 2 aromatic carbocycles. The Kier molecular flexibility index (Phi) is 5.93. The fourth-order valence-electron chi connectivity index (χ4n) is 1.88. The Morgan fingerprint density at radius 1 is 1.12 bits per heavy atom. The van der Waals surface area contributed by atoms with Gasteiger partial charge in [0.25, 0.3) is 5.91 Å². The van der Waals surface area contributed by atoms with Crippen LogP contribution in [0.25, 0.3) is 0 Å². The van der Waals surface area contributed by atoms with Crippen LogP contribution in [0, 0.1) is 11.6 Å². The summed E-state index contributed by atoms with van der Waals surface area (Å²) in [5, 5.41) is 2.25. The molecular formula is C17H14ClF2NO4. The average Bonchev–Trinajstić information content (AvgIpc) is 2.57. The van der Waals surface area contributed by atoms with E-state index in [1.807, 2.05) is 0 Å². The largest absolute Gasteiger partial charge is 0.497 e. The van der Waals surface area contributed by atoms with Gasteiger partial charge in [0.1, 0.15) is 17.4 Å². The van der Waals surface area contributed by atoms with Crippen molar-refractivity contribution in [3.8, 4) is 5.75 Å². The van der Waals surface area contributed by atoms with Crippen molar-refractivity contribution in [3.63, 3.8) is 0 Å². The number of anilines is 1. The number of hydrogen-bond acceptors (Lipinski definition) is 4. The molecule has 0 heterocycles. The molecular weight excluding hydrogens is 356 g/mol. The van der Waals surface area contributed by atoms with E-state index in [1.165, 1.54) is 38.3 Å². The Morgan fingerprint density at radius 3 is 2.44 bits per heavy atom. The molecule has 0 fully saturated rings. The number of benzene rings is 2. The minimum Gasteiger partial charge on any atom is -0.497 e. The van der Waals surface area contributed by atoms with Gasteiger partial charge < -0.3 is 14.8 Å². The fraction of sp³-hybridized carbons (Fsp3) is 0.176. The van der Waals surface area contributed by atoms with Crippen molar-refractivity contribution in [2.24, 2.45) is 0 Å². The number of rotatable bonds is 5. The first-order chi connectivity index (χ1) is 11.8. The van der Waals surface area contributed by atoms with E-state index in [4.69, 9.17) is 21.1 Å². The Labute approximate surface area is 147 Å². The van der Waals surface area contributed by atoms with Crippen molar-refractivity contribution in [3.05, 3.63) is 58.6 Å². The second-order valence-electron chi connectivity index (χ2n) is 5.01. The third-order valence-electron chi connectivity index (χ3n) is 3.24. The summed E-state index contributed by atoms with van der Waals surface area (Å²) in [7, 11) is 1.36. The zero-order valence-electron chi connectivity index (χ0n) is 13.3. The van der Waals surface area contributed by atoms with Crippen LogP contribution in [0.4, 0.5) is 14.5 Å². The van der Waals surface area contributed by atoms with E-state index in [9.17, 15) is 18.4 Å². The molecule has 0 aliphatic heterocycles. The lowest BCUT2D eigenvalue weighted by molar-refractivity contribution is -0.123. The SMILES string of the molecule is COc1ccc(C(=O)O[C@H](C)C(=O)Nc2ccc(F)c(Cl)c2)c(F)c1. The normalized spacial score (nSPS) is 11.6. The van der Waals surface area contributed by atoms with Crippen molar-refractivity contribution >= 4 is 29.2 Å². The first kappa shape index (κ1) is 18.7. The van der Waals surface area contributed by atoms with E-state index >= 15 is 0 Å². The molecule has 0 saturated heterocycles. The van der Waals surface area contributed by atoms with Crippen LogP contribution < -0.4 is 10.1 Å². The van der Waals surface area contributed by atoms with Gasteiger partial charge in [-0.3, -0.25) is 4.79 Å². The lowest BCUT2D eigenvalue weighted by Gasteiger charge is -2.14. The van der Waals surface area contributed by atoms with Gasteiger partial charge in [-0.25, -0.2) is 13.6 Å². The number of carbonyl (C=O) groups excluding carboxylic acids is 2. The van der Waals surface area contributed by atoms with Crippen LogP contribution in [0.5, 0.6) is 5.75 Å². The predicted octanol–water partition coefficient (Wildman–Crippen LogP) is 3.81. The van der Waals surface area contributed by atoms with Gasteiger partial charge in [-0.1, -0.05) is 11.6 Å². The van der Waals surface area contributed by atoms with Gasteiger partial charge in [0.2, 0.25) is 0 Å². The van der Waals surface area contributed by atoms with Crippen molar-refractivity contribution in [1.82, 2.24) is 0 Å². The summed E-state index contributed by atoms with van der Waals surface area (Å²) >= 11 is 5.62. The Balaban J connectivity index is 2.02. The number of carbonyl (C=O) groups is 2. The summed E-state index contributed by atoms with van der Waals surface area (Å²) < 4.78 is 36.7. The van der Waals surface area contributed by atoms with E-state index in [2.05, 4.69) is 5.32 Å². The van der Waals surface area contributed by atoms with Crippen LogP contribution in [0.3, 0.4) is 0 Å². The third kappa shape index (κ3) is 4.67. The smallest absolute Gasteiger partial charge is 0.341 e. The van der Waals surface area contributed by atoms with Gasteiger partial charge in [0, 0.05) is 11.8 Å². The van der Waals surface area contributed by atoms with Crippen LogP contribution in [0.2, 0.25) is 5.02 Å². The van der Waals surface area contributed by atoms with Crippen LogP contribution in [-0.4, -0.2) is 25.1 Å². The van der Waals surface area contributed by atoms with Crippen molar-refractivity contribution < 1.29 is 27.8 Å². The maximum absolute atomic E-state index is 13.8. The topological polar surface area (TPSA) is 64.6 Å². The molecule has 0 saturated carbocycles. The second kappa shape index (κ2) is 7.94. The molecule has 0 radical (unpaired) electrons. The van der Waals surface area contributed by atoms with E-state index < -0.39 is 29.6 Å². The highest BCUT2D eigenvalue weighted by Gasteiger charge is 2.21. The Hall–Kier alpha value is -2.67. The maximum atomic E-state index is 13.8. The Morgan fingerprint density at radius 2 is 1.84 bits per heavy atom. The molecule has 132 valence electrons. The second-order valence-corrected chi connectivity index (χ2v) is 5.42. The van der Waals surface area contributed by atoms with E-state index in [0.29, 0.717) is 0 Å². The van der Waals surface area contributed by atoms with Crippen LogP contribution in [0.15, 0.2) is 36.4 Å². The first-order valence-electron chi connectivity index (χ1n) is 7.12. The molecule has 0 aromatic heterocycles. The number of nitrogens with one attached hydrogen (secondary N) is 1. The van der Waals surface area contributed by atoms with Gasteiger partial charge in [0.05, 0.1) is 17.7 Å². The summed E-state index contributed by atoms with van der Waals surface area (Å²) in [6, 6.07) is 7.22. The molecule has 0 unspecified atom stereocenters. The molecule has 2 aromatic rings. The van der Waals surface area contributed by atoms with Gasteiger partial charge in [-0.2, -0.15) is 0 Å². The molecule has 0 bridgehead atoms. The number of amides is 1. The molecule has 1 atom stereocenters. The molecule has 25 heavy (non-hydrogen) atoms. The minimum absolute atomic E-state index is 0.164. The molecule has 0 spiro atoms. The number of methoxy groups -OCH3 is 1. The summed E-state index contributed by atoms with van der Waals surface area (Å²) in [5.41, 5.74) is -0.0970. The summed E-state index contributed by atoms with van der Waals surface area (Å²) in [6.07, 6.45) is -1.21. The van der Waals surface area contributed by atoms with Crippen LogP contribution in [0.1, 0.15) is 17.3 Å². The van der Waals surface area contributed by atoms with E-state index in [1.54, 1.807) is 0 Å². The van der Waals surface area contributed by atoms with Crippen LogP contribution >= 0.6 is 11.6 Å². The summed E-state index contributed by atoms with van der Waals surface area (Å²) in [4.78, 5) is 24.0. The van der Waals surface area contributed by atoms with Gasteiger partial charge in [-0.15, -0.1) is 0 Å². The summed E-state index contributed by atoms with van der Waals surface area (Å²) in [6.45, 7) is 1.32. The molecule has 0 aliphatic rings. The molecule has 1 N–H and O–H groups in total. The molecule has 5 nitrogen and oxygen atoms in total. The number of hydrogen-bond donors (Lipinski definition) is 1. The van der Waals surface area contributed by atoms with Crippen molar-refractivity contribution in [1.29, 1.82) is 0 Å². The molecule has 8 heteroatoms. The number of esters is 1. The van der Waals surface area contributed by atoms with Crippen LogP contribution in [-0.2, 0) is 9.53 Å². The summed E-state index contributed by atoms with van der Waals surface area (Å²) in [5.74, 6) is -2.89. The fourth-order valence-corrected chi connectivity index (χ4v) is 2.06. The first-order valence-corrected chi connectivity index (χ1v) is 7.50. The number of ether oxygens (including phenoxy) is 2. The van der Waals surface area contributed by atoms with E-state index in [-0.39, 0.29) is 22.0 Å². The van der Waals surface area contributed by atoms with Crippen molar-refractivity contribution in [2.75, 3.05) is 12.4 Å². The minimum atomic E-state index is -1.21. The third-order valence-corrected chi connectivity index (χ3v) is 3.53. The standard InChI is InChI=1S/C17H14ClF2NO4/c1-9(16(22)21-10-3-6-14(19)13(18)7-10)25-17(23)12-5-4-11(24-2)8-15(12)20/h3-9H,1-2H3,(H,21,22)/t9-/m1/s1.